The number of aromatic nitrogens is 1. The second-order valence-electron chi connectivity index (χ2n) is 3.49. The van der Waals surface area contributed by atoms with Gasteiger partial charge in [-0.05, 0) is 26.7 Å². The molecule has 1 aromatic heterocycles. The summed E-state index contributed by atoms with van der Waals surface area (Å²) >= 11 is 1.76. The van der Waals surface area contributed by atoms with Crippen molar-refractivity contribution >= 4 is 11.3 Å². The highest BCUT2D eigenvalue weighted by molar-refractivity contribution is 7.11. The molecule has 1 heterocycles. The molecular formula is C11H18N2S. The lowest BCUT2D eigenvalue weighted by Gasteiger charge is -2.10. The Labute approximate surface area is 90.1 Å². The maximum Gasteiger partial charge on any atom is 0.0897 e. The van der Waals surface area contributed by atoms with E-state index in [9.17, 15) is 0 Å². The Morgan fingerprint density at radius 1 is 1.71 bits per heavy atom. The van der Waals surface area contributed by atoms with Crippen LogP contribution >= 0.6 is 11.3 Å². The van der Waals surface area contributed by atoms with Crippen molar-refractivity contribution in [1.82, 2.24) is 10.3 Å². The minimum absolute atomic E-state index is 0.551. The Kier molecular flexibility index (Phi) is 4.84. The standard InChI is InChI=1S/C11H18N2S/c1-4-5-6-9(2)12-7-11-8-13-10(3)14-11/h4,8-9,12H,1,5-7H2,2-3H3. The van der Waals surface area contributed by atoms with E-state index in [-0.39, 0.29) is 0 Å². The maximum absolute atomic E-state index is 4.22. The normalized spacial score (nSPS) is 12.7. The van der Waals surface area contributed by atoms with Crippen molar-refractivity contribution in [3.05, 3.63) is 28.7 Å². The lowest BCUT2D eigenvalue weighted by molar-refractivity contribution is 0.520. The van der Waals surface area contributed by atoms with Gasteiger partial charge in [-0.15, -0.1) is 17.9 Å². The fourth-order valence-corrected chi connectivity index (χ4v) is 1.98. The van der Waals surface area contributed by atoms with E-state index in [0.29, 0.717) is 6.04 Å². The maximum atomic E-state index is 4.22. The third kappa shape index (κ3) is 4.03. The quantitative estimate of drug-likeness (QED) is 0.730. The zero-order chi connectivity index (χ0) is 10.4. The summed E-state index contributed by atoms with van der Waals surface area (Å²) in [5.41, 5.74) is 0. The monoisotopic (exact) mass is 210 g/mol. The Morgan fingerprint density at radius 3 is 3.07 bits per heavy atom. The van der Waals surface area contributed by atoms with Crippen LogP contribution in [-0.2, 0) is 6.54 Å². The summed E-state index contributed by atoms with van der Waals surface area (Å²) in [6.45, 7) is 8.90. The van der Waals surface area contributed by atoms with Gasteiger partial charge >= 0.3 is 0 Å². The van der Waals surface area contributed by atoms with Crippen molar-refractivity contribution < 1.29 is 0 Å². The van der Waals surface area contributed by atoms with Gasteiger partial charge in [0.05, 0.1) is 5.01 Å². The van der Waals surface area contributed by atoms with Crippen LogP contribution in [0.1, 0.15) is 29.7 Å². The van der Waals surface area contributed by atoms with Gasteiger partial charge in [0.1, 0.15) is 0 Å². The van der Waals surface area contributed by atoms with Gasteiger partial charge in [0.2, 0.25) is 0 Å². The van der Waals surface area contributed by atoms with Crippen molar-refractivity contribution in [1.29, 1.82) is 0 Å². The molecule has 0 radical (unpaired) electrons. The average molecular weight is 210 g/mol. The largest absolute Gasteiger partial charge is 0.309 e. The molecule has 0 bridgehead atoms. The zero-order valence-corrected chi connectivity index (χ0v) is 9.73. The fraction of sp³-hybridized carbons (Fsp3) is 0.545. The van der Waals surface area contributed by atoms with Crippen LogP contribution in [0, 0.1) is 6.92 Å². The number of hydrogen-bond donors (Lipinski definition) is 1. The molecule has 0 saturated carbocycles. The molecule has 1 rings (SSSR count). The summed E-state index contributed by atoms with van der Waals surface area (Å²) in [6.07, 6.45) is 6.15. The number of hydrogen-bond acceptors (Lipinski definition) is 3. The van der Waals surface area contributed by atoms with Crippen molar-refractivity contribution in [3.63, 3.8) is 0 Å². The minimum atomic E-state index is 0.551. The van der Waals surface area contributed by atoms with Crippen molar-refractivity contribution in [2.75, 3.05) is 0 Å². The Balaban J connectivity index is 2.23. The molecule has 2 nitrogen and oxygen atoms in total. The lowest BCUT2D eigenvalue weighted by atomic mass is 10.2. The highest BCUT2D eigenvalue weighted by Gasteiger charge is 2.01. The Bertz CT molecular complexity index is 281. The number of nitrogens with one attached hydrogen (secondary N) is 1. The van der Waals surface area contributed by atoms with E-state index >= 15 is 0 Å². The molecule has 0 aliphatic heterocycles. The van der Waals surface area contributed by atoms with E-state index in [2.05, 4.69) is 23.8 Å². The van der Waals surface area contributed by atoms with E-state index < -0.39 is 0 Å². The summed E-state index contributed by atoms with van der Waals surface area (Å²) in [5.74, 6) is 0. The number of rotatable bonds is 6. The van der Waals surface area contributed by atoms with E-state index in [1.54, 1.807) is 11.3 Å². The van der Waals surface area contributed by atoms with Gasteiger partial charge in [-0.2, -0.15) is 0 Å². The summed E-state index contributed by atoms with van der Waals surface area (Å²) < 4.78 is 0. The van der Waals surface area contributed by atoms with Gasteiger partial charge in [-0.1, -0.05) is 6.08 Å². The molecule has 0 saturated heterocycles. The SMILES string of the molecule is C=CCCC(C)NCc1cnc(C)s1. The number of thiazole rings is 1. The van der Waals surface area contributed by atoms with Crippen molar-refractivity contribution in [2.24, 2.45) is 0 Å². The first-order valence-corrected chi connectivity index (χ1v) is 5.79. The van der Waals surface area contributed by atoms with Crippen molar-refractivity contribution in [3.8, 4) is 0 Å². The predicted molar refractivity (Wildman–Crippen MR) is 62.6 cm³/mol. The lowest BCUT2D eigenvalue weighted by Crippen LogP contribution is -2.24. The van der Waals surface area contributed by atoms with Crippen LogP contribution < -0.4 is 5.32 Å². The molecule has 1 N–H and O–H groups in total. The molecule has 3 heteroatoms. The molecule has 1 unspecified atom stereocenters. The van der Waals surface area contributed by atoms with E-state index in [1.807, 2.05) is 19.2 Å². The molecule has 78 valence electrons. The molecule has 0 aliphatic rings. The van der Waals surface area contributed by atoms with Crippen LogP contribution in [0.2, 0.25) is 0 Å². The number of aryl methyl sites for hydroxylation is 1. The molecule has 0 aliphatic carbocycles. The molecular weight excluding hydrogens is 192 g/mol. The summed E-state index contributed by atoms with van der Waals surface area (Å²) in [7, 11) is 0. The Morgan fingerprint density at radius 2 is 2.50 bits per heavy atom. The van der Waals surface area contributed by atoms with Crippen LogP contribution in [0.5, 0.6) is 0 Å². The summed E-state index contributed by atoms with van der Waals surface area (Å²) in [5, 5.41) is 4.61. The second-order valence-corrected chi connectivity index (χ2v) is 4.81. The van der Waals surface area contributed by atoms with E-state index in [4.69, 9.17) is 0 Å². The smallest absolute Gasteiger partial charge is 0.0897 e. The van der Waals surface area contributed by atoms with Crippen LogP contribution in [0.25, 0.3) is 0 Å². The third-order valence-electron chi connectivity index (χ3n) is 2.10. The molecule has 0 spiro atoms. The van der Waals surface area contributed by atoms with Gasteiger partial charge in [0, 0.05) is 23.7 Å². The molecule has 1 atom stereocenters. The third-order valence-corrected chi connectivity index (χ3v) is 3.01. The van der Waals surface area contributed by atoms with Crippen LogP contribution in [0.4, 0.5) is 0 Å². The zero-order valence-electron chi connectivity index (χ0n) is 8.92. The van der Waals surface area contributed by atoms with Gasteiger partial charge < -0.3 is 5.32 Å². The predicted octanol–water partition coefficient (Wildman–Crippen LogP) is 2.90. The summed E-state index contributed by atoms with van der Waals surface area (Å²) in [6, 6.07) is 0.551. The molecule has 0 amide bonds. The van der Waals surface area contributed by atoms with Crippen LogP contribution in [0.3, 0.4) is 0 Å². The van der Waals surface area contributed by atoms with Crippen LogP contribution in [-0.4, -0.2) is 11.0 Å². The molecule has 0 aromatic carbocycles. The van der Waals surface area contributed by atoms with E-state index in [0.717, 1.165) is 24.4 Å². The Hall–Kier alpha value is -0.670. The minimum Gasteiger partial charge on any atom is -0.309 e. The van der Waals surface area contributed by atoms with Gasteiger partial charge in [0.25, 0.3) is 0 Å². The first kappa shape index (κ1) is 11.4. The molecule has 1 aromatic rings. The topological polar surface area (TPSA) is 24.9 Å². The van der Waals surface area contributed by atoms with Gasteiger partial charge in [-0.25, -0.2) is 4.98 Å². The first-order valence-electron chi connectivity index (χ1n) is 4.98. The number of allylic oxidation sites excluding steroid dienone is 1. The van der Waals surface area contributed by atoms with Gasteiger partial charge in [-0.3, -0.25) is 0 Å². The second kappa shape index (κ2) is 5.94. The summed E-state index contributed by atoms with van der Waals surface area (Å²) in [4.78, 5) is 5.53. The molecule has 14 heavy (non-hydrogen) atoms. The van der Waals surface area contributed by atoms with Gasteiger partial charge in [0.15, 0.2) is 0 Å². The average Bonchev–Trinajstić information content (AvgIpc) is 2.58. The van der Waals surface area contributed by atoms with Crippen molar-refractivity contribution in [2.45, 2.75) is 39.3 Å². The fourth-order valence-electron chi connectivity index (χ4n) is 1.23. The molecule has 0 fully saturated rings. The highest BCUT2D eigenvalue weighted by Crippen LogP contribution is 2.11. The number of nitrogens with zero attached hydrogens (tertiary/aromatic N) is 1. The first-order chi connectivity index (χ1) is 6.72. The van der Waals surface area contributed by atoms with E-state index in [1.165, 1.54) is 4.88 Å². The highest BCUT2D eigenvalue weighted by atomic mass is 32.1. The van der Waals surface area contributed by atoms with Crippen LogP contribution in [0.15, 0.2) is 18.9 Å².